The summed E-state index contributed by atoms with van der Waals surface area (Å²) < 4.78 is 40.9. The quantitative estimate of drug-likeness (QED) is 0.532. The summed E-state index contributed by atoms with van der Waals surface area (Å²) >= 11 is 0. The number of hydrogen-bond donors (Lipinski definition) is 1. The highest BCUT2D eigenvalue weighted by Gasteiger charge is 2.31. The molecule has 0 radical (unpaired) electrons. The van der Waals surface area contributed by atoms with Gasteiger partial charge >= 0.3 is 12.4 Å². The van der Waals surface area contributed by atoms with Gasteiger partial charge in [0.15, 0.2) is 0 Å². The van der Waals surface area contributed by atoms with Crippen LogP contribution in [0.3, 0.4) is 0 Å². The number of carbonyl (C=O) groups excluding carboxylic acids is 1. The van der Waals surface area contributed by atoms with Crippen LogP contribution in [0, 0.1) is 0 Å². The van der Waals surface area contributed by atoms with Gasteiger partial charge in [-0.05, 0) is 53.6 Å². The molecule has 0 unspecified atom stereocenters. The number of halogens is 3. The molecule has 12 heteroatoms. The molecule has 9 nitrogen and oxygen atoms in total. The molecule has 2 aromatic heterocycles. The van der Waals surface area contributed by atoms with E-state index in [1.54, 1.807) is 11.2 Å². The number of urea groups is 1. The molecule has 0 atom stereocenters. The molecular formula is C26H26F3N7O2. The molecule has 1 aliphatic heterocycles. The largest absolute Gasteiger partial charge is 0.573 e. The fraction of sp³-hybridized carbons (Fsp3) is 0.308. The summed E-state index contributed by atoms with van der Waals surface area (Å²) in [6.07, 6.45) is 1.49. The fourth-order valence-electron chi connectivity index (χ4n) is 4.46. The van der Waals surface area contributed by atoms with Crippen LogP contribution in [-0.2, 0) is 6.42 Å². The summed E-state index contributed by atoms with van der Waals surface area (Å²) in [4.78, 5) is 32.0. The van der Waals surface area contributed by atoms with E-state index in [1.165, 1.54) is 12.1 Å². The lowest BCUT2D eigenvalue weighted by molar-refractivity contribution is -0.274. The number of carbonyl (C=O) groups is 1. The predicted octanol–water partition coefficient (Wildman–Crippen LogP) is 4.29. The van der Waals surface area contributed by atoms with Gasteiger partial charge in [-0.25, -0.2) is 19.7 Å². The molecule has 3 aromatic rings. The van der Waals surface area contributed by atoms with Crippen LogP contribution in [0.1, 0.15) is 16.8 Å². The summed E-state index contributed by atoms with van der Waals surface area (Å²) in [5.74, 6) is 1.38. The van der Waals surface area contributed by atoms with E-state index in [9.17, 15) is 18.0 Å². The standard InChI is InChI=1S/C26H26F3N7O2/c1-34(2)23-8-3-17(15-30-23)18-13-21-22(14-18)31-16-32-24(21)35-9-11-36(12-10-35)25(37)33-19-4-6-20(7-5-19)38-26(27,28)29/h3-8,13,15-16H,9-12,14H2,1-2H3,(H,33,37). The lowest BCUT2D eigenvalue weighted by atomic mass is 10.1. The monoisotopic (exact) mass is 525 g/mol. The Kier molecular flexibility index (Phi) is 6.79. The van der Waals surface area contributed by atoms with E-state index in [0.29, 0.717) is 38.3 Å². The number of ether oxygens (including phenoxy) is 1. The Balaban J connectivity index is 1.21. The molecule has 5 rings (SSSR count). The molecule has 38 heavy (non-hydrogen) atoms. The number of pyridine rings is 1. The molecule has 1 aliphatic carbocycles. The number of hydrogen-bond acceptors (Lipinski definition) is 7. The third-order valence-electron chi connectivity index (χ3n) is 6.40. The van der Waals surface area contributed by atoms with Crippen LogP contribution in [-0.4, -0.2) is 72.5 Å². The third-order valence-corrected chi connectivity index (χ3v) is 6.40. The Morgan fingerprint density at radius 2 is 1.74 bits per heavy atom. The minimum Gasteiger partial charge on any atom is -0.406 e. The van der Waals surface area contributed by atoms with Gasteiger partial charge in [0.25, 0.3) is 0 Å². The fourth-order valence-corrected chi connectivity index (χ4v) is 4.46. The highest BCUT2D eigenvalue weighted by molar-refractivity contribution is 5.91. The summed E-state index contributed by atoms with van der Waals surface area (Å²) in [6.45, 7) is 2.09. The van der Waals surface area contributed by atoms with Crippen molar-refractivity contribution < 1.29 is 22.7 Å². The second kappa shape index (κ2) is 10.2. The predicted molar refractivity (Wildman–Crippen MR) is 138 cm³/mol. The Morgan fingerprint density at radius 3 is 2.37 bits per heavy atom. The van der Waals surface area contributed by atoms with Crippen molar-refractivity contribution in [3.05, 3.63) is 65.7 Å². The van der Waals surface area contributed by atoms with Gasteiger partial charge in [-0.2, -0.15) is 0 Å². The lowest BCUT2D eigenvalue weighted by Crippen LogP contribution is -2.50. The Hall–Kier alpha value is -4.35. The van der Waals surface area contributed by atoms with Crippen LogP contribution in [0.15, 0.2) is 48.9 Å². The highest BCUT2D eigenvalue weighted by Crippen LogP contribution is 2.35. The molecule has 0 saturated carbocycles. The number of benzene rings is 1. The van der Waals surface area contributed by atoms with Crippen molar-refractivity contribution in [1.82, 2.24) is 19.9 Å². The molecule has 2 amide bonds. The van der Waals surface area contributed by atoms with Crippen LogP contribution in [0.5, 0.6) is 5.75 Å². The van der Waals surface area contributed by atoms with Crippen LogP contribution in [0.2, 0.25) is 0 Å². The van der Waals surface area contributed by atoms with Gasteiger partial charge in [-0.1, -0.05) is 0 Å². The van der Waals surface area contributed by atoms with E-state index in [-0.39, 0.29) is 11.8 Å². The number of aromatic nitrogens is 3. The SMILES string of the molecule is CN(C)c1ccc(C2=Cc3c(ncnc3N3CCN(C(=O)Nc4ccc(OC(F)(F)F)cc4)CC3)C2)cn1. The molecule has 0 spiro atoms. The molecule has 198 valence electrons. The highest BCUT2D eigenvalue weighted by atomic mass is 19.4. The number of anilines is 3. The second-order valence-electron chi connectivity index (χ2n) is 9.18. The van der Waals surface area contributed by atoms with Gasteiger partial charge in [0.1, 0.15) is 23.7 Å². The number of nitrogens with one attached hydrogen (secondary N) is 1. The van der Waals surface area contributed by atoms with E-state index in [4.69, 9.17) is 0 Å². The second-order valence-corrected chi connectivity index (χ2v) is 9.18. The van der Waals surface area contributed by atoms with Crippen molar-refractivity contribution in [2.45, 2.75) is 12.8 Å². The Morgan fingerprint density at radius 1 is 1.00 bits per heavy atom. The molecule has 0 bridgehead atoms. The first-order valence-corrected chi connectivity index (χ1v) is 12.0. The van der Waals surface area contributed by atoms with E-state index in [1.807, 2.05) is 31.3 Å². The zero-order valence-corrected chi connectivity index (χ0v) is 20.9. The van der Waals surface area contributed by atoms with Gasteiger partial charge in [-0.3, -0.25) is 0 Å². The third kappa shape index (κ3) is 5.63. The van der Waals surface area contributed by atoms with Gasteiger partial charge in [-0.15, -0.1) is 13.2 Å². The van der Waals surface area contributed by atoms with Gasteiger partial charge < -0.3 is 24.8 Å². The molecule has 2 aliphatic rings. The molecular weight excluding hydrogens is 499 g/mol. The first-order valence-electron chi connectivity index (χ1n) is 12.0. The molecule has 1 N–H and O–H groups in total. The molecule has 1 aromatic carbocycles. The topological polar surface area (TPSA) is 86.7 Å². The smallest absolute Gasteiger partial charge is 0.406 e. The van der Waals surface area contributed by atoms with Crippen molar-refractivity contribution in [2.24, 2.45) is 0 Å². The first kappa shape index (κ1) is 25.3. The van der Waals surface area contributed by atoms with Crippen LogP contribution in [0.4, 0.5) is 35.3 Å². The van der Waals surface area contributed by atoms with Crippen molar-refractivity contribution in [1.29, 1.82) is 0 Å². The van der Waals surface area contributed by atoms with Crippen LogP contribution < -0.4 is 19.9 Å². The maximum absolute atomic E-state index is 12.7. The van der Waals surface area contributed by atoms with E-state index in [2.05, 4.69) is 42.0 Å². The number of rotatable bonds is 5. The maximum Gasteiger partial charge on any atom is 0.573 e. The Labute approximate surface area is 217 Å². The van der Waals surface area contributed by atoms with Crippen LogP contribution >= 0.6 is 0 Å². The van der Waals surface area contributed by atoms with Gasteiger partial charge in [0, 0.05) is 64.1 Å². The van der Waals surface area contributed by atoms with Gasteiger partial charge in [0.2, 0.25) is 0 Å². The summed E-state index contributed by atoms with van der Waals surface area (Å²) in [5, 5.41) is 2.72. The van der Waals surface area contributed by atoms with Crippen LogP contribution in [0.25, 0.3) is 11.6 Å². The van der Waals surface area contributed by atoms with E-state index < -0.39 is 6.36 Å². The lowest BCUT2D eigenvalue weighted by Gasteiger charge is -2.35. The van der Waals surface area contributed by atoms with E-state index >= 15 is 0 Å². The van der Waals surface area contributed by atoms with Crippen molar-refractivity contribution >= 4 is 35.0 Å². The first-order chi connectivity index (χ1) is 18.2. The molecule has 1 fully saturated rings. The van der Waals surface area contributed by atoms with Crippen molar-refractivity contribution in [3.8, 4) is 5.75 Å². The number of fused-ring (bicyclic) bond motifs is 1. The summed E-state index contributed by atoms with van der Waals surface area (Å²) in [5.41, 5.74) is 4.49. The average molecular weight is 526 g/mol. The average Bonchev–Trinajstić information content (AvgIpc) is 3.34. The number of amides is 2. The van der Waals surface area contributed by atoms with Gasteiger partial charge in [0.05, 0.1) is 5.69 Å². The number of alkyl halides is 3. The number of piperazine rings is 1. The van der Waals surface area contributed by atoms with E-state index in [0.717, 1.165) is 46.2 Å². The summed E-state index contributed by atoms with van der Waals surface area (Å²) in [7, 11) is 3.90. The van der Waals surface area contributed by atoms with Crippen molar-refractivity contribution in [2.75, 3.05) is 55.4 Å². The normalized spacial score (nSPS) is 15.1. The van der Waals surface area contributed by atoms with Crippen molar-refractivity contribution in [3.63, 3.8) is 0 Å². The summed E-state index contributed by atoms with van der Waals surface area (Å²) in [6, 6.07) is 8.77. The Bertz CT molecular complexity index is 1330. The number of nitrogens with zero attached hydrogens (tertiary/aromatic N) is 6. The minimum absolute atomic E-state index is 0.321. The number of allylic oxidation sites excluding steroid dienone is 1. The molecule has 3 heterocycles. The molecule has 1 saturated heterocycles. The zero-order valence-electron chi connectivity index (χ0n) is 20.9. The minimum atomic E-state index is -4.76. The maximum atomic E-state index is 12.7. The zero-order chi connectivity index (χ0) is 26.9.